The number of hydrogen-bond donors (Lipinski definition) is 3. The molecule has 3 heterocycles. The van der Waals surface area contributed by atoms with E-state index in [4.69, 9.17) is 0 Å². The van der Waals surface area contributed by atoms with Gasteiger partial charge in [-0.1, -0.05) is 11.6 Å². The minimum absolute atomic E-state index is 0.124. The molecule has 3 N–H and O–H groups in total. The number of aromatic nitrogens is 1. The lowest BCUT2D eigenvalue weighted by atomic mass is 10.1. The van der Waals surface area contributed by atoms with Crippen molar-refractivity contribution in [3.63, 3.8) is 0 Å². The predicted molar refractivity (Wildman–Crippen MR) is 104 cm³/mol. The van der Waals surface area contributed by atoms with Gasteiger partial charge in [0.15, 0.2) is 0 Å². The Morgan fingerprint density at radius 1 is 1.22 bits per heavy atom. The van der Waals surface area contributed by atoms with Gasteiger partial charge in [0.1, 0.15) is 5.69 Å². The van der Waals surface area contributed by atoms with Crippen LogP contribution >= 0.6 is 0 Å². The third kappa shape index (κ3) is 3.60. The molecular formula is C20H28N4O3. The molecule has 0 radical (unpaired) electrons. The van der Waals surface area contributed by atoms with Crippen LogP contribution in [0.15, 0.2) is 18.2 Å². The van der Waals surface area contributed by atoms with E-state index in [-0.39, 0.29) is 11.7 Å². The molecule has 0 spiro atoms. The molecule has 2 aromatic rings. The zero-order chi connectivity index (χ0) is 19.1. The third-order valence-corrected chi connectivity index (χ3v) is 6.00. The number of aromatic carboxylic acids is 1. The van der Waals surface area contributed by atoms with Gasteiger partial charge in [-0.25, -0.2) is 4.79 Å². The highest BCUT2D eigenvalue weighted by Gasteiger charge is 2.37. The molecular weight excluding hydrogens is 344 g/mol. The monoisotopic (exact) mass is 372 g/mol. The van der Waals surface area contributed by atoms with E-state index in [1.165, 1.54) is 0 Å². The lowest BCUT2D eigenvalue weighted by Gasteiger charge is -2.37. The average Bonchev–Trinajstić information content (AvgIpc) is 3.17. The summed E-state index contributed by atoms with van der Waals surface area (Å²) in [5, 5.41) is 21.2. The van der Waals surface area contributed by atoms with Crippen molar-refractivity contribution in [3.8, 4) is 0 Å². The maximum atomic E-state index is 11.7. The van der Waals surface area contributed by atoms with Crippen LogP contribution in [-0.2, 0) is 6.54 Å². The van der Waals surface area contributed by atoms with Gasteiger partial charge in [-0.2, -0.15) is 0 Å². The summed E-state index contributed by atoms with van der Waals surface area (Å²) in [6, 6.07) is 6.08. The Morgan fingerprint density at radius 3 is 2.67 bits per heavy atom. The van der Waals surface area contributed by atoms with E-state index in [0.717, 1.165) is 54.8 Å². The number of rotatable bonds is 4. The van der Waals surface area contributed by atoms with Gasteiger partial charge in [0.2, 0.25) is 0 Å². The number of aromatic amines is 1. The number of piperazine rings is 1. The molecule has 0 saturated carbocycles. The molecule has 1 aromatic heterocycles. The topological polar surface area (TPSA) is 83.0 Å². The van der Waals surface area contributed by atoms with Gasteiger partial charge in [0, 0.05) is 68.3 Å². The summed E-state index contributed by atoms with van der Waals surface area (Å²) < 4.78 is 0. The summed E-state index contributed by atoms with van der Waals surface area (Å²) in [5.74, 6) is -0.936. The number of hydrogen-bond acceptors (Lipinski definition) is 5. The molecule has 7 heteroatoms. The quantitative estimate of drug-likeness (QED) is 0.742. The number of likely N-dealkylation sites (N-methyl/N-ethyl adjacent to an activating group) is 1. The van der Waals surface area contributed by atoms with Crippen molar-refractivity contribution < 1.29 is 15.0 Å². The second-order valence-electron chi connectivity index (χ2n) is 8.00. The van der Waals surface area contributed by atoms with Gasteiger partial charge >= 0.3 is 5.97 Å². The minimum atomic E-state index is -0.936. The van der Waals surface area contributed by atoms with Crippen molar-refractivity contribution in [2.24, 2.45) is 0 Å². The molecule has 0 aliphatic carbocycles. The molecule has 146 valence electrons. The number of nitrogens with one attached hydrogen (secondary N) is 1. The van der Waals surface area contributed by atoms with Gasteiger partial charge in [0.05, 0.1) is 6.10 Å². The van der Waals surface area contributed by atoms with Crippen molar-refractivity contribution >= 4 is 16.9 Å². The Bertz CT molecular complexity index is 841. The minimum Gasteiger partial charge on any atom is -0.477 e. The average molecular weight is 372 g/mol. The number of likely N-dealkylation sites (tertiary alicyclic amines) is 1. The van der Waals surface area contributed by atoms with E-state index < -0.39 is 12.1 Å². The molecule has 0 bridgehead atoms. The number of aryl methyl sites for hydroxylation is 1. The molecule has 1 aromatic carbocycles. The number of aliphatic hydroxyl groups excluding tert-OH is 1. The van der Waals surface area contributed by atoms with Gasteiger partial charge < -0.3 is 20.1 Å². The van der Waals surface area contributed by atoms with E-state index in [2.05, 4.69) is 26.7 Å². The smallest absolute Gasteiger partial charge is 0.352 e. The normalized spacial score (nSPS) is 25.4. The van der Waals surface area contributed by atoms with Crippen LogP contribution in [0.4, 0.5) is 0 Å². The zero-order valence-corrected chi connectivity index (χ0v) is 16.0. The molecule has 0 amide bonds. The van der Waals surface area contributed by atoms with Crippen molar-refractivity contribution in [1.82, 2.24) is 19.7 Å². The lowest BCUT2D eigenvalue weighted by molar-refractivity contribution is 0.0512. The van der Waals surface area contributed by atoms with Crippen LogP contribution in [0.25, 0.3) is 10.9 Å². The number of carbonyl (C=O) groups is 1. The fourth-order valence-electron chi connectivity index (χ4n) is 4.42. The molecule has 4 rings (SSSR count). The van der Waals surface area contributed by atoms with E-state index >= 15 is 0 Å². The summed E-state index contributed by atoms with van der Waals surface area (Å²) in [4.78, 5) is 21.7. The highest BCUT2D eigenvalue weighted by Crippen LogP contribution is 2.27. The fraction of sp³-hybridized carbons (Fsp3) is 0.550. The van der Waals surface area contributed by atoms with E-state index in [1.807, 2.05) is 25.1 Å². The Morgan fingerprint density at radius 2 is 1.96 bits per heavy atom. The summed E-state index contributed by atoms with van der Waals surface area (Å²) in [5.41, 5.74) is 3.03. The molecule has 2 aliphatic heterocycles. The predicted octanol–water partition coefficient (Wildman–Crippen LogP) is 0.967. The van der Waals surface area contributed by atoms with Crippen LogP contribution in [0.5, 0.6) is 0 Å². The summed E-state index contributed by atoms with van der Waals surface area (Å²) in [6.45, 7) is 7.88. The molecule has 27 heavy (non-hydrogen) atoms. The van der Waals surface area contributed by atoms with Crippen LogP contribution in [0.1, 0.15) is 21.6 Å². The summed E-state index contributed by atoms with van der Waals surface area (Å²) in [7, 11) is 2.13. The number of β-amino-alcohol motifs (C(OH)–C–C–N with tert-alkyl or cyclic N) is 1. The maximum Gasteiger partial charge on any atom is 0.352 e. The highest BCUT2D eigenvalue weighted by molar-refractivity contribution is 5.97. The van der Waals surface area contributed by atoms with Crippen molar-refractivity contribution in [2.45, 2.75) is 25.6 Å². The molecule has 2 saturated heterocycles. The Balaban J connectivity index is 1.55. The first-order chi connectivity index (χ1) is 12.9. The summed E-state index contributed by atoms with van der Waals surface area (Å²) >= 11 is 0. The zero-order valence-electron chi connectivity index (χ0n) is 16.0. The highest BCUT2D eigenvalue weighted by atomic mass is 16.4. The van der Waals surface area contributed by atoms with Crippen LogP contribution < -0.4 is 0 Å². The molecule has 2 fully saturated rings. The SMILES string of the molecule is Cc1ccc2[nH]c(C(=O)O)c(CN3C[C@H](O)[C@@H](N4CCN(C)CC4)C3)c2c1. The first-order valence-corrected chi connectivity index (χ1v) is 9.60. The third-order valence-electron chi connectivity index (χ3n) is 6.00. The number of nitrogens with zero attached hydrogens (tertiary/aromatic N) is 3. The van der Waals surface area contributed by atoms with Gasteiger partial charge in [-0.15, -0.1) is 0 Å². The first-order valence-electron chi connectivity index (χ1n) is 9.60. The Labute approximate surface area is 159 Å². The Hall–Kier alpha value is -1.93. The van der Waals surface area contributed by atoms with E-state index in [9.17, 15) is 15.0 Å². The standard InChI is InChI=1S/C20H28N4O3/c1-13-3-4-16-14(9-13)15(19(21-16)20(26)27)10-23-11-17(18(25)12-23)24-7-5-22(2)6-8-24/h3-4,9,17-18,21,25H,5-8,10-12H2,1-2H3,(H,26,27)/t17-,18-/m0/s1. The second-order valence-corrected chi connectivity index (χ2v) is 8.00. The molecule has 2 aliphatic rings. The molecule has 2 atom stereocenters. The second kappa shape index (κ2) is 7.24. The number of benzene rings is 1. The van der Waals surface area contributed by atoms with Gasteiger partial charge in [0.25, 0.3) is 0 Å². The van der Waals surface area contributed by atoms with E-state index in [1.54, 1.807) is 0 Å². The molecule has 7 nitrogen and oxygen atoms in total. The first kappa shape index (κ1) is 18.4. The molecule has 0 unspecified atom stereocenters. The van der Waals surface area contributed by atoms with Crippen LogP contribution in [0, 0.1) is 6.92 Å². The number of aliphatic hydroxyl groups is 1. The fourth-order valence-corrected chi connectivity index (χ4v) is 4.42. The van der Waals surface area contributed by atoms with E-state index in [0.29, 0.717) is 13.1 Å². The number of carboxylic acids is 1. The van der Waals surface area contributed by atoms with Crippen molar-refractivity contribution in [1.29, 1.82) is 0 Å². The number of carboxylic acid groups (broad SMARTS) is 1. The van der Waals surface area contributed by atoms with Crippen LogP contribution in [0.2, 0.25) is 0 Å². The van der Waals surface area contributed by atoms with Crippen LogP contribution in [0.3, 0.4) is 0 Å². The summed E-state index contributed by atoms with van der Waals surface area (Å²) in [6.07, 6.45) is -0.395. The Kier molecular flexibility index (Phi) is 4.94. The van der Waals surface area contributed by atoms with Gasteiger partial charge in [-0.05, 0) is 26.1 Å². The van der Waals surface area contributed by atoms with Gasteiger partial charge in [-0.3, -0.25) is 9.80 Å². The van der Waals surface area contributed by atoms with Crippen molar-refractivity contribution in [3.05, 3.63) is 35.0 Å². The number of H-pyrrole nitrogens is 1. The largest absolute Gasteiger partial charge is 0.477 e. The maximum absolute atomic E-state index is 11.7. The van der Waals surface area contributed by atoms with Crippen molar-refractivity contribution in [2.75, 3.05) is 46.3 Å². The number of fused-ring (bicyclic) bond motifs is 1. The van der Waals surface area contributed by atoms with Crippen LogP contribution in [-0.4, -0.2) is 94.3 Å². The lowest BCUT2D eigenvalue weighted by Crippen LogP contribution is -2.52.